The Hall–Kier alpha value is -5.62. The van der Waals surface area contributed by atoms with Crippen molar-refractivity contribution in [3.63, 3.8) is 0 Å². The van der Waals surface area contributed by atoms with Gasteiger partial charge < -0.3 is 14.4 Å². The van der Waals surface area contributed by atoms with Crippen molar-refractivity contribution in [1.82, 2.24) is 4.40 Å². The summed E-state index contributed by atoms with van der Waals surface area (Å²) in [5, 5.41) is 0. The van der Waals surface area contributed by atoms with Crippen molar-refractivity contribution in [2.24, 2.45) is 0 Å². The number of benzene rings is 4. The maximum atomic E-state index is 13.6. The van der Waals surface area contributed by atoms with Gasteiger partial charge in [-0.1, -0.05) is 97.1 Å². The maximum absolute atomic E-state index is 13.6. The van der Waals surface area contributed by atoms with Gasteiger partial charge in [0, 0.05) is 24.0 Å². The zero-order valence-electron chi connectivity index (χ0n) is 27.8. The molecule has 0 N–H and O–H groups in total. The van der Waals surface area contributed by atoms with Crippen LogP contribution < -0.4 is 15.2 Å². The van der Waals surface area contributed by atoms with E-state index in [1.807, 2.05) is 6.07 Å². The summed E-state index contributed by atoms with van der Waals surface area (Å²) in [7, 11) is 1.66. The molecule has 1 aliphatic carbocycles. The minimum atomic E-state index is -0.590. The Bertz CT molecular complexity index is 2130. The Kier molecular flexibility index (Phi) is 7.79. The molecule has 0 radical (unpaired) electrons. The van der Waals surface area contributed by atoms with Gasteiger partial charge in [-0.3, -0.25) is 9.20 Å². The number of esters is 1. The van der Waals surface area contributed by atoms with Crippen LogP contribution in [0.2, 0.25) is 0 Å². The minimum absolute atomic E-state index is 0.0624. The van der Waals surface area contributed by atoms with Gasteiger partial charge in [0.05, 0.1) is 19.2 Å². The van der Waals surface area contributed by atoms with Gasteiger partial charge in [-0.15, -0.1) is 0 Å². The summed E-state index contributed by atoms with van der Waals surface area (Å²) in [6.07, 6.45) is 4.66. The molecule has 0 amide bonds. The van der Waals surface area contributed by atoms with Crippen molar-refractivity contribution in [1.29, 1.82) is 0 Å². The van der Waals surface area contributed by atoms with Gasteiger partial charge in [-0.05, 0) is 89.8 Å². The molecular weight excluding hydrogens is 608 g/mol. The fraction of sp³-hybridized carbons (Fsp3) is 0.209. The molecule has 6 nitrogen and oxygen atoms in total. The highest BCUT2D eigenvalue weighted by Crippen LogP contribution is 2.50. The third-order valence-corrected chi connectivity index (χ3v) is 10.1. The average Bonchev–Trinajstić information content (AvgIpc) is 3.92. The van der Waals surface area contributed by atoms with Crippen LogP contribution in [-0.2, 0) is 16.7 Å². The van der Waals surface area contributed by atoms with Gasteiger partial charge in [-0.2, -0.15) is 0 Å². The lowest BCUT2D eigenvalue weighted by Crippen LogP contribution is -2.47. The summed E-state index contributed by atoms with van der Waals surface area (Å²) in [6.45, 7) is 2.79. The molecule has 49 heavy (non-hydrogen) atoms. The Morgan fingerprint density at radius 1 is 0.816 bits per heavy atom. The summed E-state index contributed by atoms with van der Waals surface area (Å²) in [5.41, 5.74) is 8.79. The molecule has 2 aromatic heterocycles. The second-order valence-electron chi connectivity index (χ2n) is 12.8. The van der Waals surface area contributed by atoms with Gasteiger partial charge in [-0.25, -0.2) is 4.79 Å². The number of methoxy groups -OCH3 is 1. The van der Waals surface area contributed by atoms with Crippen LogP contribution in [0.25, 0.3) is 16.6 Å². The van der Waals surface area contributed by atoms with E-state index < -0.39 is 17.1 Å². The van der Waals surface area contributed by atoms with E-state index in [1.54, 1.807) is 30.7 Å². The second-order valence-corrected chi connectivity index (χ2v) is 12.8. The average molecular weight is 647 g/mol. The number of aromatic nitrogens is 1. The van der Waals surface area contributed by atoms with Gasteiger partial charge in [0.2, 0.25) is 0 Å². The molecule has 6 aromatic rings. The summed E-state index contributed by atoms with van der Waals surface area (Å²) < 4.78 is 12.9. The van der Waals surface area contributed by atoms with Crippen molar-refractivity contribution in [3.8, 4) is 16.9 Å². The molecule has 0 spiro atoms. The molecule has 8 rings (SSSR count). The van der Waals surface area contributed by atoms with E-state index in [0.29, 0.717) is 5.75 Å². The third kappa shape index (κ3) is 5.02. The Balaban J connectivity index is 1.29. The minimum Gasteiger partial charge on any atom is -0.494 e. The summed E-state index contributed by atoms with van der Waals surface area (Å²) in [4.78, 5) is 28.9. The van der Waals surface area contributed by atoms with Crippen LogP contribution in [0, 0.1) is 0 Å². The molecule has 0 unspecified atom stereocenters. The molecule has 6 heteroatoms. The first kappa shape index (κ1) is 30.7. The van der Waals surface area contributed by atoms with E-state index >= 15 is 0 Å². The number of hydrogen-bond donors (Lipinski definition) is 0. The van der Waals surface area contributed by atoms with Crippen LogP contribution in [0.1, 0.15) is 63.9 Å². The SMILES string of the molecule is CCOC(=O)c1cc(C2CC2)c2c(OC)c(-c3ccc4c(c3)CCN4C(c3ccccc3)(c3ccccc3)c3ccccc3)ccn2c1=O. The Labute approximate surface area is 286 Å². The number of carbonyl (C=O) groups excluding carboxylic acids is 1. The van der Waals surface area contributed by atoms with Crippen molar-refractivity contribution < 1.29 is 14.3 Å². The molecule has 244 valence electrons. The number of fused-ring (bicyclic) bond motifs is 2. The molecule has 1 fully saturated rings. The number of hydrogen-bond acceptors (Lipinski definition) is 5. The first-order chi connectivity index (χ1) is 24.1. The molecule has 4 aromatic carbocycles. The molecule has 1 saturated carbocycles. The smallest absolute Gasteiger partial charge is 0.343 e. The van der Waals surface area contributed by atoms with Gasteiger partial charge in [0.25, 0.3) is 5.56 Å². The first-order valence-corrected chi connectivity index (χ1v) is 17.1. The van der Waals surface area contributed by atoms with E-state index in [9.17, 15) is 9.59 Å². The number of nitrogens with zero attached hydrogens (tertiary/aromatic N) is 2. The van der Waals surface area contributed by atoms with Crippen LogP contribution in [0.3, 0.4) is 0 Å². The molecule has 0 atom stereocenters. The third-order valence-electron chi connectivity index (χ3n) is 10.1. The molecule has 0 saturated heterocycles. The normalized spacial score (nSPS) is 14.1. The van der Waals surface area contributed by atoms with Crippen molar-refractivity contribution in [2.45, 2.75) is 37.6 Å². The number of anilines is 1. The van der Waals surface area contributed by atoms with Crippen LogP contribution in [-0.4, -0.2) is 30.6 Å². The van der Waals surface area contributed by atoms with Crippen molar-refractivity contribution in [3.05, 3.63) is 171 Å². The molecule has 0 bridgehead atoms. The lowest BCUT2D eigenvalue weighted by atomic mass is 9.75. The van der Waals surface area contributed by atoms with Crippen LogP contribution >= 0.6 is 0 Å². The van der Waals surface area contributed by atoms with E-state index in [2.05, 4.69) is 114 Å². The number of pyridine rings is 2. The Morgan fingerprint density at radius 2 is 1.43 bits per heavy atom. The van der Waals surface area contributed by atoms with Gasteiger partial charge in [0.15, 0.2) is 5.75 Å². The summed E-state index contributed by atoms with van der Waals surface area (Å²) >= 11 is 0. The number of rotatable bonds is 9. The highest BCUT2D eigenvalue weighted by Gasteiger charge is 2.44. The molecule has 2 aliphatic rings. The molecule has 1 aliphatic heterocycles. The highest BCUT2D eigenvalue weighted by atomic mass is 16.5. The largest absolute Gasteiger partial charge is 0.494 e. The zero-order valence-corrected chi connectivity index (χ0v) is 27.8. The predicted molar refractivity (Wildman–Crippen MR) is 194 cm³/mol. The zero-order chi connectivity index (χ0) is 33.5. The molecule has 3 heterocycles. The maximum Gasteiger partial charge on any atom is 0.343 e. The van der Waals surface area contributed by atoms with Crippen molar-refractivity contribution >= 4 is 17.2 Å². The first-order valence-electron chi connectivity index (χ1n) is 17.1. The van der Waals surface area contributed by atoms with Crippen molar-refractivity contribution in [2.75, 3.05) is 25.2 Å². The molecular formula is C43H38N2O4. The Morgan fingerprint density at radius 3 is 1.98 bits per heavy atom. The van der Waals surface area contributed by atoms with Gasteiger partial charge in [0.1, 0.15) is 11.1 Å². The van der Waals surface area contributed by atoms with Gasteiger partial charge >= 0.3 is 5.97 Å². The lowest BCUT2D eigenvalue weighted by molar-refractivity contribution is 0.0524. The second kappa shape index (κ2) is 12.4. The monoisotopic (exact) mass is 646 g/mol. The topological polar surface area (TPSA) is 60.3 Å². The fourth-order valence-corrected chi connectivity index (χ4v) is 7.81. The summed E-state index contributed by atoms with van der Waals surface area (Å²) in [6, 6.07) is 42.7. The van der Waals surface area contributed by atoms with E-state index in [1.165, 1.54) is 27.9 Å². The van der Waals surface area contributed by atoms with E-state index in [4.69, 9.17) is 9.47 Å². The summed E-state index contributed by atoms with van der Waals surface area (Å²) in [5.74, 6) is 0.315. The van der Waals surface area contributed by atoms with E-state index in [-0.39, 0.29) is 18.1 Å². The van der Waals surface area contributed by atoms with Crippen LogP contribution in [0.5, 0.6) is 5.75 Å². The van der Waals surface area contributed by atoms with Crippen LogP contribution in [0.4, 0.5) is 5.69 Å². The fourth-order valence-electron chi connectivity index (χ4n) is 7.81. The van der Waals surface area contributed by atoms with Crippen LogP contribution in [0.15, 0.2) is 132 Å². The quantitative estimate of drug-likeness (QED) is 0.117. The standard InChI is InChI=1S/C43H38N2O4/c1-3-49-42(47)37-28-36(29-19-20-29)39-40(48-2)35(24-25-44(39)41(37)46)30-21-22-38-31(27-30)23-26-45(38)43(32-13-7-4-8-14-32,33-15-9-5-10-16-33)34-17-11-6-12-18-34/h4-18,21-22,24-25,27-29H,3,19-20,23,26H2,1-2H3. The lowest BCUT2D eigenvalue weighted by Gasteiger charge is -2.45. The highest BCUT2D eigenvalue weighted by molar-refractivity contribution is 5.92. The number of ether oxygens (including phenoxy) is 2. The number of carbonyl (C=O) groups is 1. The predicted octanol–water partition coefficient (Wildman–Crippen LogP) is 8.38. The van der Waals surface area contributed by atoms with E-state index in [0.717, 1.165) is 48.0 Å².